The lowest BCUT2D eigenvalue weighted by atomic mass is 9.63. The summed E-state index contributed by atoms with van der Waals surface area (Å²) in [5.74, 6) is 1.79. The first-order valence-corrected chi connectivity index (χ1v) is 11.3. The Balaban J connectivity index is 1.73. The summed E-state index contributed by atoms with van der Waals surface area (Å²) in [7, 11) is 0. The van der Waals surface area contributed by atoms with Crippen molar-refractivity contribution in [3.8, 4) is 11.5 Å². The molecular weight excluding hydrogens is 402 g/mol. The third kappa shape index (κ3) is 2.43. The molecule has 1 aromatic heterocycles. The molecule has 156 valence electrons. The maximum Gasteiger partial charge on any atom is 0.134 e. The molecule has 0 unspecified atom stereocenters. The van der Waals surface area contributed by atoms with Gasteiger partial charge in [0.1, 0.15) is 11.5 Å². The predicted molar refractivity (Wildman–Crippen MR) is 134 cm³/mol. The Morgan fingerprint density at radius 2 is 1.15 bits per heavy atom. The number of hydrogen-bond acceptors (Lipinski definition) is 1. The average molecular weight is 424 g/mol. The normalized spacial score (nSPS) is 13.9. The van der Waals surface area contributed by atoms with Crippen molar-refractivity contribution < 1.29 is 4.74 Å². The van der Waals surface area contributed by atoms with Gasteiger partial charge in [0.05, 0.1) is 10.9 Å². The van der Waals surface area contributed by atoms with Crippen molar-refractivity contribution in [1.82, 2.24) is 4.98 Å². The van der Waals surface area contributed by atoms with E-state index >= 15 is 0 Å². The van der Waals surface area contributed by atoms with Crippen molar-refractivity contribution in [2.45, 2.75) is 5.41 Å². The molecule has 0 amide bonds. The lowest BCUT2D eigenvalue weighted by molar-refractivity contribution is 0.436. The van der Waals surface area contributed by atoms with Crippen LogP contribution < -0.4 is 4.74 Å². The molecule has 5 aromatic carbocycles. The van der Waals surface area contributed by atoms with Crippen LogP contribution in [-0.2, 0) is 5.41 Å². The number of rotatable bonds is 2. The lowest BCUT2D eigenvalue weighted by Crippen LogP contribution is -2.34. The van der Waals surface area contributed by atoms with E-state index in [2.05, 4.69) is 120 Å². The summed E-state index contributed by atoms with van der Waals surface area (Å²) < 4.78 is 6.56. The number of benzene rings is 5. The molecule has 7 rings (SSSR count). The number of para-hydroxylation sites is 2. The van der Waals surface area contributed by atoms with Crippen molar-refractivity contribution in [3.05, 3.63) is 144 Å². The summed E-state index contributed by atoms with van der Waals surface area (Å²) in [6.45, 7) is 0. The summed E-state index contributed by atoms with van der Waals surface area (Å²) in [5.41, 5.74) is 6.49. The Morgan fingerprint density at radius 1 is 0.515 bits per heavy atom. The lowest BCUT2D eigenvalue weighted by Gasteiger charge is -2.41. The van der Waals surface area contributed by atoms with Gasteiger partial charge >= 0.3 is 0 Å². The van der Waals surface area contributed by atoms with E-state index in [9.17, 15) is 0 Å². The van der Waals surface area contributed by atoms with Gasteiger partial charge in [0.25, 0.3) is 0 Å². The summed E-state index contributed by atoms with van der Waals surface area (Å²) >= 11 is 0. The van der Waals surface area contributed by atoms with Crippen molar-refractivity contribution in [2.75, 3.05) is 0 Å². The van der Waals surface area contributed by atoms with Gasteiger partial charge in [-0.15, -0.1) is 0 Å². The minimum absolute atomic E-state index is 0.521. The minimum Gasteiger partial charge on any atom is -0.457 e. The highest BCUT2D eigenvalue weighted by Gasteiger charge is 2.46. The third-order valence-corrected chi connectivity index (χ3v) is 6.94. The molecule has 0 fully saturated rings. The Morgan fingerprint density at radius 3 is 1.91 bits per heavy atom. The van der Waals surface area contributed by atoms with Gasteiger partial charge < -0.3 is 9.72 Å². The van der Waals surface area contributed by atoms with Gasteiger partial charge in [-0.25, -0.2) is 0 Å². The molecule has 1 aliphatic heterocycles. The third-order valence-electron chi connectivity index (χ3n) is 6.94. The zero-order chi connectivity index (χ0) is 21.8. The van der Waals surface area contributed by atoms with Crippen molar-refractivity contribution in [1.29, 1.82) is 0 Å². The summed E-state index contributed by atoms with van der Waals surface area (Å²) in [6, 6.07) is 42.9. The molecule has 2 heterocycles. The smallest absolute Gasteiger partial charge is 0.134 e. The molecule has 33 heavy (non-hydrogen) atoms. The molecule has 2 nitrogen and oxygen atoms in total. The summed E-state index contributed by atoms with van der Waals surface area (Å²) in [6.07, 6.45) is 0. The topological polar surface area (TPSA) is 25.0 Å². The fourth-order valence-electron chi connectivity index (χ4n) is 5.62. The first-order valence-electron chi connectivity index (χ1n) is 11.3. The van der Waals surface area contributed by atoms with Gasteiger partial charge in [-0.1, -0.05) is 97.1 Å². The van der Waals surface area contributed by atoms with Gasteiger partial charge in [0, 0.05) is 27.4 Å². The SMILES string of the molecule is c1ccc(C2(c3ccccc3)c3ccccc3Oc3ccc4c([nH]c5ccccc54)c32)cc1. The number of fused-ring (bicyclic) bond motifs is 6. The van der Waals surface area contributed by atoms with Gasteiger partial charge in [-0.05, 0) is 35.4 Å². The van der Waals surface area contributed by atoms with E-state index in [0.29, 0.717) is 0 Å². The second-order valence-electron chi connectivity index (χ2n) is 8.61. The molecule has 1 N–H and O–H groups in total. The highest BCUT2D eigenvalue weighted by Crippen LogP contribution is 2.57. The van der Waals surface area contributed by atoms with E-state index in [1.807, 2.05) is 6.07 Å². The molecule has 0 saturated heterocycles. The van der Waals surface area contributed by atoms with Crippen LogP contribution in [0, 0.1) is 0 Å². The Labute approximate surface area is 192 Å². The first kappa shape index (κ1) is 18.3. The maximum absolute atomic E-state index is 6.56. The average Bonchev–Trinajstić information content (AvgIpc) is 3.27. The van der Waals surface area contributed by atoms with Crippen LogP contribution in [0.3, 0.4) is 0 Å². The van der Waals surface area contributed by atoms with Gasteiger partial charge in [0.15, 0.2) is 0 Å². The largest absolute Gasteiger partial charge is 0.457 e. The van der Waals surface area contributed by atoms with E-state index in [4.69, 9.17) is 4.74 Å². The predicted octanol–water partition coefficient (Wildman–Crippen LogP) is 7.81. The molecule has 1 aliphatic rings. The fraction of sp³-hybridized carbons (Fsp3) is 0.0323. The maximum atomic E-state index is 6.56. The molecule has 0 aliphatic carbocycles. The van der Waals surface area contributed by atoms with E-state index in [1.165, 1.54) is 21.9 Å². The highest BCUT2D eigenvalue weighted by molar-refractivity contribution is 6.10. The van der Waals surface area contributed by atoms with E-state index < -0.39 is 5.41 Å². The van der Waals surface area contributed by atoms with E-state index in [0.717, 1.165) is 33.7 Å². The second kappa shape index (κ2) is 6.85. The quantitative estimate of drug-likeness (QED) is 0.301. The molecular formula is C31H21NO. The minimum atomic E-state index is -0.521. The van der Waals surface area contributed by atoms with Crippen LogP contribution in [0.1, 0.15) is 22.3 Å². The zero-order valence-electron chi connectivity index (χ0n) is 18.0. The van der Waals surface area contributed by atoms with Crippen LogP contribution in [-0.4, -0.2) is 4.98 Å². The molecule has 0 radical (unpaired) electrons. The Bertz CT molecular complexity index is 1590. The number of hydrogen-bond donors (Lipinski definition) is 1. The summed E-state index contributed by atoms with van der Waals surface area (Å²) in [4.78, 5) is 3.75. The highest BCUT2D eigenvalue weighted by atomic mass is 16.5. The van der Waals surface area contributed by atoms with E-state index in [-0.39, 0.29) is 0 Å². The van der Waals surface area contributed by atoms with E-state index in [1.54, 1.807) is 0 Å². The standard InChI is InChI=1S/C31H21NO/c1-3-11-21(12-4-1)31(22-13-5-2-6-14-22)25-16-8-10-18-27(25)33-28-20-19-24-23-15-7-9-17-26(23)32-30(24)29(28)31/h1-20,32H. The van der Waals surface area contributed by atoms with Crippen molar-refractivity contribution in [3.63, 3.8) is 0 Å². The van der Waals surface area contributed by atoms with Crippen LogP contribution in [0.5, 0.6) is 11.5 Å². The number of aromatic amines is 1. The van der Waals surface area contributed by atoms with Crippen molar-refractivity contribution >= 4 is 21.8 Å². The van der Waals surface area contributed by atoms with Crippen LogP contribution >= 0.6 is 0 Å². The number of H-pyrrole nitrogens is 1. The second-order valence-corrected chi connectivity index (χ2v) is 8.61. The Hall–Kier alpha value is -4.30. The molecule has 0 bridgehead atoms. The van der Waals surface area contributed by atoms with Gasteiger partial charge in [-0.3, -0.25) is 0 Å². The molecule has 0 spiro atoms. The first-order chi connectivity index (χ1) is 16.4. The van der Waals surface area contributed by atoms with Gasteiger partial charge in [-0.2, -0.15) is 0 Å². The van der Waals surface area contributed by atoms with Crippen molar-refractivity contribution in [2.24, 2.45) is 0 Å². The molecule has 0 saturated carbocycles. The monoisotopic (exact) mass is 423 g/mol. The van der Waals surface area contributed by atoms with Crippen LogP contribution in [0.15, 0.2) is 121 Å². The summed E-state index contributed by atoms with van der Waals surface area (Å²) in [5, 5.41) is 2.44. The molecule has 2 heteroatoms. The fourth-order valence-corrected chi connectivity index (χ4v) is 5.62. The van der Waals surface area contributed by atoms with Crippen LogP contribution in [0.25, 0.3) is 21.8 Å². The van der Waals surface area contributed by atoms with Crippen LogP contribution in [0.4, 0.5) is 0 Å². The van der Waals surface area contributed by atoms with Crippen LogP contribution in [0.2, 0.25) is 0 Å². The van der Waals surface area contributed by atoms with Gasteiger partial charge in [0.2, 0.25) is 0 Å². The number of ether oxygens (including phenoxy) is 1. The number of nitrogens with one attached hydrogen (secondary N) is 1. The molecule has 0 atom stereocenters. The number of aromatic nitrogens is 1. The zero-order valence-corrected chi connectivity index (χ0v) is 18.0. The molecule has 6 aromatic rings. The Kier molecular flexibility index (Phi) is 3.80.